The van der Waals surface area contributed by atoms with Crippen LogP contribution in [0.4, 0.5) is 0 Å². The number of aldehydes is 1. The van der Waals surface area contributed by atoms with E-state index in [4.69, 9.17) is 5.73 Å². The number of carbonyl (C=O) groups is 2. The smallest absolute Gasteiger partial charge is 0.252 e. The first-order valence-corrected chi connectivity index (χ1v) is 6.82. The molecular formula is C17H18N2O2. The fraction of sp³-hybridized carbons (Fsp3) is 0.176. The number of hydrogen-bond donors (Lipinski definition) is 2. The molecule has 0 heterocycles. The molecule has 0 fully saturated rings. The van der Waals surface area contributed by atoms with Crippen LogP contribution in [0.1, 0.15) is 21.5 Å². The van der Waals surface area contributed by atoms with Gasteiger partial charge in [-0.3, -0.25) is 4.79 Å². The molecule has 0 spiro atoms. The lowest BCUT2D eigenvalue weighted by molar-refractivity contribution is -0.109. The quantitative estimate of drug-likeness (QED) is 0.792. The van der Waals surface area contributed by atoms with Crippen molar-refractivity contribution < 1.29 is 9.59 Å². The average Bonchev–Trinajstić information content (AvgIpc) is 2.55. The summed E-state index contributed by atoms with van der Waals surface area (Å²) in [6.07, 6.45) is 1.23. The van der Waals surface area contributed by atoms with Gasteiger partial charge in [-0.25, -0.2) is 0 Å². The topological polar surface area (TPSA) is 72.2 Å². The Balaban J connectivity index is 2.08. The molecule has 0 aliphatic carbocycles. The highest BCUT2D eigenvalue weighted by atomic mass is 16.2. The Kier molecular flexibility index (Phi) is 5.23. The summed E-state index contributed by atoms with van der Waals surface area (Å²) in [5.41, 5.74) is 7.90. The van der Waals surface area contributed by atoms with Gasteiger partial charge in [0, 0.05) is 12.1 Å². The molecule has 0 saturated heterocycles. The summed E-state index contributed by atoms with van der Waals surface area (Å²) in [6, 6.07) is 16.2. The zero-order chi connectivity index (χ0) is 15.1. The number of carbonyl (C=O) groups excluding carboxylic acids is 2. The first-order valence-electron chi connectivity index (χ1n) is 6.82. The number of nitrogens with one attached hydrogen (secondary N) is 1. The van der Waals surface area contributed by atoms with Crippen LogP contribution in [-0.4, -0.2) is 18.2 Å². The van der Waals surface area contributed by atoms with Crippen LogP contribution in [0.15, 0.2) is 54.6 Å². The predicted octanol–water partition coefficient (Wildman–Crippen LogP) is 1.69. The summed E-state index contributed by atoms with van der Waals surface area (Å²) in [7, 11) is 0. The van der Waals surface area contributed by atoms with Gasteiger partial charge < -0.3 is 15.8 Å². The summed E-state index contributed by atoms with van der Waals surface area (Å²) in [5.74, 6) is -0.274. The molecule has 0 aromatic heterocycles. The first-order chi connectivity index (χ1) is 10.2. The van der Waals surface area contributed by atoms with Crippen molar-refractivity contribution in [2.24, 2.45) is 5.73 Å². The van der Waals surface area contributed by atoms with Crippen LogP contribution in [0.2, 0.25) is 0 Å². The SMILES string of the molecule is NCc1ccccc1C(=O)N[C@H](C=O)Cc1ccccc1. The third-order valence-corrected chi connectivity index (χ3v) is 3.26. The first kappa shape index (κ1) is 14.9. The van der Waals surface area contributed by atoms with Gasteiger partial charge in [-0.2, -0.15) is 0 Å². The van der Waals surface area contributed by atoms with E-state index in [1.54, 1.807) is 12.1 Å². The van der Waals surface area contributed by atoms with Crippen LogP contribution in [0.25, 0.3) is 0 Å². The second-order valence-corrected chi connectivity index (χ2v) is 4.77. The van der Waals surface area contributed by atoms with Gasteiger partial charge in [0.05, 0.1) is 6.04 Å². The highest BCUT2D eigenvalue weighted by Crippen LogP contribution is 2.09. The van der Waals surface area contributed by atoms with Crippen LogP contribution >= 0.6 is 0 Å². The lowest BCUT2D eigenvalue weighted by Gasteiger charge is -2.14. The Morgan fingerprint density at radius 2 is 1.76 bits per heavy atom. The molecule has 108 valence electrons. The zero-order valence-corrected chi connectivity index (χ0v) is 11.7. The van der Waals surface area contributed by atoms with Gasteiger partial charge >= 0.3 is 0 Å². The summed E-state index contributed by atoms with van der Waals surface area (Å²) in [6.45, 7) is 0.286. The molecule has 1 atom stereocenters. The van der Waals surface area contributed by atoms with Crippen molar-refractivity contribution >= 4 is 12.2 Å². The van der Waals surface area contributed by atoms with E-state index >= 15 is 0 Å². The van der Waals surface area contributed by atoms with E-state index in [9.17, 15) is 9.59 Å². The highest BCUT2D eigenvalue weighted by molar-refractivity contribution is 5.97. The molecule has 0 aliphatic heterocycles. The third kappa shape index (κ3) is 4.00. The van der Waals surface area contributed by atoms with E-state index in [-0.39, 0.29) is 12.5 Å². The molecule has 0 unspecified atom stereocenters. The normalized spacial score (nSPS) is 11.7. The second kappa shape index (κ2) is 7.36. The van der Waals surface area contributed by atoms with Crippen LogP contribution in [0.5, 0.6) is 0 Å². The van der Waals surface area contributed by atoms with Crippen LogP contribution in [0, 0.1) is 0 Å². The van der Waals surface area contributed by atoms with Gasteiger partial charge in [0.2, 0.25) is 0 Å². The highest BCUT2D eigenvalue weighted by Gasteiger charge is 2.15. The van der Waals surface area contributed by atoms with Gasteiger partial charge in [0.15, 0.2) is 0 Å². The molecule has 3 N–H and O–H groups in total. The maximum absolute atomic E-state index is 12.3. The van der Waals surface area contributed by atoms with E-state index < -0.39 is 6.04 Å². The second-order valence-electron chi connectivity index (χ2n) is 4.77. The van der Waals surface area contributed by atoms with E-state index in [0.717, 1.165) is 17.4 Å². The van der Waals surface area contributed by atoms with Crippen LogP contribution < -0.4 is 11.1 Å². The molecule has 21 heavy (non-hydrogen) atoms. The third-order valence-electron chi connectivity index (χ3n) is 3.26. The van der Waals surface area contributed by atoms with E-state index in [1.807, 2.05) is 42.5 Å². The fourth-order valence-electron chi connectivity index (χ4n) is 2.17. The van der Waals surface area contributed by atoms with Crippen molar-refractivity contribution in [3.63, 3.8) is 0 Å². The largest absolute Gasteiger partial charge is 0.342 e. The van der Waals surface area contributed by atoms with Crippen molar-refractivity contribution in [3.05, 3.63) is 71.3 Å². The molecule has 2 aromatic carbocycles. The molecule has 0 aliphatic rings. The number of amides is 1. The zero-order valence-electron chi connectivity index (χ0n) is 11.7. The maximum atomic E-state index is 12.3. The van der Waals surface area contributed by atoms with Crippen molar-refractivity contribution in [1.29, 1.82) is 0 Å². The van der Waals surface area contributed by atoms with Crippen molar-refractivity contribution in [2.45, 2.75) is 19.0 Å². The fourth-order valence-corrected chi connectivity index (χ4v) is 2.17. The summed E-state index contributed by atoms with van der Waals surface area (Å²) >= 11 is 0. The monoisotopic (exact) mass is 282 g/mol. The van der Waals surface area contributed by atoms with E-state index in [1.165, 1.54) is 0 Å². The summed E-state index contributed by atoms with van der Waals surface area (Å²) < 4.78 is 0. The molecular weight excluding hydrogens is 264 g/mol. The number of benzene rings is 2. The molecule has 2 rings (SSSR count). The minimum atomic E-state index is -0.550. The molecule has 4 nitrogen and oxygen atoms in total. The van der Waals surface area contributed by atoms with Crippen LogP contribution in [-0.2, 0) is 17.8 Å². The molecule has 0 bridgehead atoms. The van der Waals surface area contributed by atoms with Crippen molar-refractivity contribution in [3.8, 4) is 0 Å². The number of hydrogen-bond acceptors (Lipinski definition) is 3. The van der Waals surface area contributed by atoms with Gasteiger partial charge in [0.25, 0.3) is 5.91 Å². The molecule has 2 aromatic rings. The Hall–Kier alpha value is -2.46. The molecule has 0 saturated carbocycles. The standard InChI is InChI=1S/C17H18N2O2/c18-11-14-8-4-5-9-16(14)17(21)19-15(12-20)10-13-6-2-1-3-7-13/h1-9,12,15H,10-11,18H2,(H,19,21)/t15-/m0/s1. The van der Waals surface area contributed by atoms with Crippen molar-refractivity contribution in [2.75, 3.05) is 0 Å². The average molecular weight is 282 g/mol. The molecule has 0 radical (unpaired) electrons. The number of nitrogens with two attached hydrogens (primary N) is 1. The Morgan fingerprint density at radius 3 is 2.43 bits per heavy atom. The van der Waals surface area contributed by atoms with Gasteiger partial charge in [-0.1, -0.05) is 48.5 Å². The van der Waals surface area contributed by atoms with Crippen LogP contribution in [0.3, 0.4) is 0 Å². The van der Waals surface area contributed by atoms with Gasteiger partial charge in [-0.15, -0.1) is 0 Å². The van der Waals surface area contributed by atoms with Gasteiger partial charge in [0.1, 0.15) is 6.29 Å². The predicted molar refractivity (Wildman–Crippen MR) is 81.8 cm³/mol. The Labute approximate surface area is 124 Å². The minimum Gasteiger partial charge on any atom is -0.342 e. The lowest BCUT2D eigenvalue weighted by atomic mass is 10.0. The Morgan fingerprint density at radius 1 is 1.10 bits per heavy atom. The molecule has 1 amide bonds. The molecule has 4 heteroatoms. The van der Waals surface area contributed by atoms with E-state index in [2.05, 4.69) is 5.32 Å². The van der Waals surface area contributed by atoms with Gasteiger partial charge in [-0.05, 0) is 23.6 Å². The summed E-state index contributed by atoms with van der Waals surface area (Å²) in [4.78, 5) is 23.4. The van der Waals surface area contributed by atoms with Crippen molar-refractivity contribution in [1.82, 2.24) is 5.32 Å². The minimum absolute atomic E-state index is 0.274. The summed E-state index contributed by atoms with van der Waals surface area (Å²) in [5, 5.41) is 2.74. The lowest BCUT2D eigenvalue weighted by Crippen LogP contribution is -2.38. The maximum Gasteiger partial charge on any atom is 0.252 e. The van der Waals surface area contributed by atoms with E-state index in [0.29, 0.717) is 12.0 Å². The number of rotatable bonds is 6. The Bertz CT molecular complexity index is 611.